The van der Waals surface area contributed by atoms with Crippen molar-refractivity contribution in [2.45, 2.75) is 110 Å². The molecule has 10 heterocycles. The van der Waals surface area contributed by atoms with Crippen LogP contribution in [-0.2, 0) is 53.0 Å². The SMILES string of the molecule is CCCOCCNC(=O)C(N)CCNCCCCNCCCN.CCCOCCNC(=O)C1CCNCCCCNCCCNC(=O)c2ccc(n(C)c2=O)C(=O)NCCNC(=O)c2ccc(c(=O)n2OCc2ccccc2)C(=O)N1.Cn1c(C(=O)NCCNC(=O)c2ccc(C(=O)N3CCSC3=S)c(=O)n2OCc2ccccc2)ccc(C(=O)N2CCSC2=S)c1=O.O=C(O)c1cccc(=O)n1OCc1ccccc1. The molecule has 2 fully saturated rings. The number of benzene rings is 3. The average Bonchev–Trinajstić information content (AvgIpc) is 1.27. The van der Waals surface area contributed by atoms with Crippen molar-refractivity contribution in [3.63, 3.8) is 0 Å². The number of nitrogens with zero attached hydrogens (tertiary/aromatic N) is 7. The molecule has 0 radical (unpaired) electrons. The van der Waals surface area contributed by atoms with Gasteiger partial charge in [0.1, 0.15) is 79.5 Å². The van der Waals surface area contributed by atoms with Crippen molar-refractivity contribution in [3.05, 3.63) is 277 Å². The van der Waals surface area contributed by atoms with E-state index < -0.39 is 99.0 Å². The highest BCUT2D eigenvalue weighted by atomic mass is 32.2. The van der Waals surface area contributed by atoms with Crippen LogP contribution in [0.4, 0.5) is 0 Å². The Bertz CT molecular complexity index is 6000. The first-order valence-corrected chi connectivity index (χ1v) is 51.0. The largest absolute Gasteiger partial charge is 0.476 e. The lowest BCUT2D eigenvalue weighted by atomic mass is 10.1. The van der Waals surface area contributed by atoms with Gasteiger partial charge in [-0.15, -0.1) is 14.2 Å². The Morgan fingerprint density at radius 1 is 0.452 bits per heavy atom. The highest BCUT2D eigenvalue weighted by Gasteiger charge is 2.33. The van der Waals surface area contributed by atoms with Gasteiger partial charge in [-0.3, -0.25) is 81.7 Å². The molecule has 0 saturated carbocycles. The van der Waals surface area contributed by atoms with E-state index in [1.807, 2.05) is 49.4 Å². The third-order valence-electron chi connectivity index (χ3n) is 22.0. The maximum Gasteiger partial charge on any atom is 0.356 e. The smallest absolute Gasteiger partial charge is 0.356 e. The number of rotatable bonds is 40. The van der Waals surface area contributed by atoms with Crippen molar-refractivity contribution in [3.8, 4) is 0 Å². The summed E-state index contributed by atoms with van der Waals surface area (Å²) in [6.07, 6.45) is 8.32. The van der Waals surface area contributed by atoms with Crippen molar-refractivity contribution in [1.29, 1.82) is 0 Å². The zero-order valence-corrected chi connectivity index (χ0v) is 85.5. The molecule has 4 bridgehead atoms. The molecule has 10 amide bonds. The van der Waals surface area contributed by atoms with Crippen molar-refractivity contribution >= 4 is 122 Å². The molecule has 2 atom stereocenters. The summed E-state index contributed by atoms with van der Waals surface area (Å²) in [6.45, 7) is 14.7. The number of nitrogens with one attached hydrogen (secondary N) is 12. The molecule has 43 nitrogen and oxygen atoms in total. The second kappa shape index (κ2) is 65.1. The van der Waals surface area contributed by atoms with Crippen molar-refractivity contribution in [2.75, 3.05) is 156 Å². The molecule has 3 aromatic carbocycles. The number of ether oxygens (including phenoxy) is 2. The van der Waals surface area contributed by atoms with Gasteiger partial charge in [-0.2, -0.15) is 0 Å². The molecular weight excluding hydrogens is 1960 g/mol. The number of amides is 10. The number of carbonyl (C=O) groups excluding carboxylic acids is 10. The second-order valence-electron chi connectivity index (χ2n) is 32.9. The van der Waals surface area contributed by atoms with Gasteiger partial charge in [-0.25, -0.2) is 4.79 Å². The fourth-order valence-electron chi connectivity index (χ4n) is 14.1. The van der Waals surface area contributed by atoms with Gasteiger partial charge in [0.05, 0.1) is 19.3 Å². The van der Waals surface area contributed by atoms with Crippen LogP contribution in [0.3, 0.4) is 0 Å². The molecule has 788 valence electrons. The average molecular weight is 2100 g/mol. The molecule has 146 heavy (non-hydrogen) atoms. The Morgan fingerprint density at radius 3 is 1.49 bits per heavy atom. The van der Waals surface area contributed by atoms with Crippen molar-refractivity contribution in [2.24, 2.45) is 25.6 Å². The Balaban J connectivity index is 0.000000261. The van der Waals surface area contributed by atoms with Crippen LogP contribution in [0.5, 0.6) is 0 Å². The first-order valence-electron chi connectivity index (χ1n) is 48.2. The normalized spacial score (nSPS) is 14.5. The lowest BCUT2D eigenvalue weighted by molar-refractivity contribution is -0.123. The van der Waals surface area contributed by atoms with Crippen LogP contribution in [0.2, 0.25) is 0 Å². The van der Waals surface area contributed by atoms with E-state index in [4.69, 9.17) is 65.0 Å². The van der Waals surface area contributed by atoms with Gasteiger partial charge in [0.15, 0.2) is 5.69 Å². The molecule has 0 spiro atoms. The number of thioether (sulfide) groups is 2. The molecule has 2 unspecified atom stereocenters. The number of carboxylic acid groups (broad SMARTS) is 1. The maximum atomic E-state index is 13.9. The molecule has 13 rings (SSSR count). The van der Waals surface area contributed by atoms with E-state index in [-0.39, 0.29) is 116 Å². The maximum absolute atomic E-state index is 13.9. The Hall–Kier alpha value is -13.5. The number of aromatic carboxylic acids is 1. The summed E-state index contributed by atoms with van der Waals surface area (Å²) in [5, 5.41) is 43.8. The Labute approximate surface area is 863 Å². The summed E-state index contributed by atoms with van der Waals surface area (Å²) in [7, 11) is 2.77. The number of aromatic nitrogens is 5. The van der Waals surface area contributed by atoms with Crippen LogP contribution < -0.4 is 118 Å². The van der Waals surface area contributed by atoms with Gasteiger partial charge in [0, 0.05) is 104 Å². The van der Waals surface area contributed by atoms with Gasteiger partial charge in [-0.1, -0.05) is 159 Å². The van der Waals surface area contributed by atoms with E-state index in [2.05, 4.69) is 70.7 Å². The fourth-order valence-corrected chi connectivity index (χ4v) is 16.5. The molecule has 5 aliphatic heterocycles. The summed E-state index contributed by atoms with van der Waals surface area (Å²) >= 11 is 13.1. The van der Waals surface area contributed by atoms with Gasteiger partial charge < -0.3 is 113 Å². The minimum Gasteiger partial charge on any atom is -0.476 e. The van der Waals surface area contributed by atoms with E-state index in [1.54, 1.807) is 48.5 Å². The van der Waals surface area contributed by atoms with Gasteiger partial charge in [-0.05, 0) is 194 Å². The molecular formula is C99H131N21O22S4. The highest BCUT2D eigenvalue weighted by Crippen LogP contribution is 2.22. The highest BCUT2D eigenvalue weighted by molar-refractivity contribution is 8.23. The summed E-state index contributed by atoms with van der Waals surface area (Å²) in [4.78, 5) is 225. The summed E-state index contributed by atoms with van der Waals surface area (Å²) in [5.74, 6) is -5.59. The third kappa shape index (κ3) is 38.5. The van der Waals surface area contributed by atoms with Crippen LogP contribution >= 0.6 is 48.0 Å². The van der Waals surface area contributed by atoms with Crippen LogP contribution in [-0.4, -0.2) is 280 Å². The number of carboxylic acids is 1. The number of carbonyl (C=O) groups is 11. The predicted octanol–water partition coefficient (Wildman–Crippen LogP) is 1.47. The van der Waals surface area contributed by atoms with Gasteiger partial charge >= 0.3 is 5.97 Å². The van der Waals surface area contributed by atoms with E-state index in [1.165, 1.54) is 114 Å². The Morgan fingerprint density at radius 2 is 0.938 bits per heavy atom. The number of nitrogens with two attached hydrogens (primary N) is 2. The number of thiocarbonyl (C=S) groups is 2. The monoisotopic (exact) mass is 2090 g/mol. The van der Waals surface area contributed by atoms with Gasteiger partial charge in [0.25, 0.3) is 75.1 Å². The molecule has 0 aliphatic carbocycles. The second-order valence-corrected chi connectivity index (χ2v) is 36.4. The van der Waals surface area contributed by atoms with Crippen LogP contribution in [0.1, 0.15) is 189 Å². The number of pyridine rings is 5. The fraction of sp³-hybridized carbons (Fsp3) is 0.434. The van der Waals surface area contributed by atoms with Crippen molar-refractivity contribution < 1.29 is 81.8 Å². The molecule has 47 heteroatoms. The van der Waals surface area contributed by atoms with Crippen LogP contribution in [0.25, 0.3) is 0 Å². The van der Waals surface area contributed by atoms with E-state index in [0.717, 1.165) is 125 Å². The predicted molar refractivity (Wildman–Crippen MR) is 561 cm³/mol. The summed E-state index contributed by atoms with van der Waals surface area (Å²) in [6, 6.07) is 40.0. The lowest BCUT2D eigenvalue weighted by Crippen LogP contribution is -2.50. The quantitative estimate of drug-likeness (QED) is 0.0191. The number of hydrogen-bond donors (Lipinski definition) is 15. The summed E-state index contributed by atoms with van der Waals surface area (Å²) < 4.78 is 16.0. The zero-order valence-electron chi connectivity index (χ0n) is 82.3. The van der Waals surface area contributed by atoms with Crippen LogP contribution in [0.15, 0.2) is 182 Å². The first-order chi connectivity index (χ1) is 70.6. The van der Waals surface area contributed by atoms with E-state index in [0.29, 0.717) is 104 Å². The number of unbranched alkanes of at least 4 members (excludes halogenated alkanes) is 1. The molecule has 2 saturated heterocycles. The standard InChI is InChI=1S/C40H55N9O9.C30H28N6O7S4.C16H37N5O2.C13H11NO4/c1-3-25-57-26-24-46-36(52)31-16-21-42-18-8-7-17-41-19-9-20-43-34(50)29-12-14-32(48(2)39(29)55)37(53)44-22-23-45-38(54)33-15-13-30(35(51)47-31)40(56)49(33)58-27-28-10-5-4-6-11-28;1-33-21(9-7-19(25(33)39)26(40)34-13-15-46-29(34)44)23(37)31-11-12-32-24(38)22-10-8-20(27(41)35-14-16-47-30(35)45)28(42)36(22)43-17-18-5-3-2-4-6-18;1-2-13-23-14-12-21-16(22)15(18)6-11-20-9-4-3-8-19-10-5-7-17;15-12-8-4-7-11(13(16)17)14(12)18-9-10-5-2-1-3-6-10/h4-6,10-15,31,41-42H,3,7-9,16-27H2,1-2H3,(H,43,50)(H,44,53)(H,45,54)(H,46,52)(H,47,51);2-10H,11-17H2,1H3,(H,31,37)(H,32,38);15,19-20H,2-14,17-18H2,1H3,(H,21,22);1-8H,9H2,(H,16,17). The molecule has 17 N–H and O–H groups in total. The minimum absolute atomic E-state index is 0.00432. The van der Waals surface area contributed by atoms with E-state index >= 15 is 0 Å². The topological polar surface area (TPSA) is 567 Å². The van der Waals surface area contributed by atoms with E-state index in [9.17, 15) is 76.7 Å². The minimum atomic E-state index is -1.21. The molecule has 5 aliphatic rings. The summed E-state index contributed by atoms with van der Waals surface area (Å²) in [5.41, 5.74) is 8.69. The van der Waals surface area contributed by atoms with Gasteiger partial charge in [0.2, 0.25) is 11.8 Å². The number of fused-ring (bicyclic) bond motifs is 2. The van der Waals surface area contributed by atoms with Crippen molar-refractivity contribution in [1.82, 2.24) is 96.9 Å². The zero-order chi connectivity index (χ0) is 105. The molecule has 5 aromatic heterocycles. The number of hydrogen-bond acceptors (Lipinski definition) is 31. The molecule has 8 aromatic rings. The van der Waals surface area contributed by atoms with Crippen LogP contribution in [0, 0.1) is 0 Å². The Kier molecular flexibility index (Phi) is 52.5. The third-order valence-corrected chi connectivity index (χ3v) is 24.8. The first kappa shape index (κ1) is 118. The lowest BCUT2D eigenvalue weighted by Gasteiger charge is -2.20.